The Morgan fingerprint density at radius 2 is 1.75 bits per heavy atom. The third-order valence-electron chi connectivity index (χ3n) is 5.53. The summed E-state index contributed by atoms with van der Waals surface area (Å²) < 4.78 is 56.5. The molecule has 0 saturated carbocycles. The van der Waals surface area contributed by atoms with Gasteiger partial charge in [-0.1, -0.05) is 18.2 Å². The second-order valence-corrected chi connectivity index (χ2v) is 7.86. The number of nitrogens with one attached hydrogen (secondary N) is 2. The Kier molecular flexibility index (Phi) is 7.95. The van der Waals surface area contributed by atoms with Crippen LogP contribution in [-0.2, 0) is 19.1 Å². The fraction of sp³-hybridized carbons (Fsp3) is 0.435. The molecular weight excluding hydrogens is 426 g/mol. The van der Waals surface area contributed by atoms with Crippen LogP contribution >= 0.6 is 0 Å². The Balaban J connectivity index is 1.35. The Labute approximate surface area is 184 Å². The van der Waals surface area contributed by atoms with Crippen molar-refractivity contribution in [1.29, 1.82) is 0 Å². The van der Waals surface area contributed by atoms with Crippen molar-refractivity contribution in [3.05, 3.63) is 65.0 Å². The number of nitrogens with zero attached hydrogens (tertiary/aromatic N) is 1. The number of halogens is 4. The number of methoxy groups -OCH3 is 1. The van der Waals surface area contributed by atoms with E-state index >= 15 is 0 Å². The number of hydrogen-bond donors (Lipinski definition) is 2. The van der Waals surface area contributed by atoms with Crippen LogP contribution in [0.2, 0.25) is 0 Å². The molecule has 1 saturated heterocycles. The first-order valence-electron chi connectivity index (χ1n) is 10.5. The number of hydrogen-bond acceptors (Lipinski definition) is 3. The molecule has 1 aliphatic heterocycles. The van der Waals surface area contributed by atoms with Gasteiger partial charge >= 0.3 is 12.2 Å². The van der Waals surface area contributed by atoms with Gasteiger partial charge in [0.05, 0.1) is 12.7 Å². The van der Waals surface area contributed by atoms with Gasteiger partial charge in [0.1, 0.15) is 0 Å². The molecule has 0 radical (unpaired) electrons. The molecule has 3 rings (SSSR count). The summed E-state index contributed by atoms with van der Waals surface area (Å²) in [5.74, 6) is -0.157. The van der Waals surface area contributed by atoms with Gasteiger partial charge in [0.15, 0.2) is 11.6 Å². The minimum Gasteiger partial charge on any atom is -0.494 e. The highest BCUT2D eigenvalue weighted by Crippen LogP contribution is 2.29. The Morgan fingerprint density at radius 1 is 1.09 bits per heavy atom. The van der Waals surface area contributed by atoms with E-state index < -0.39 is 11.7 Å². The number of carbonyl (C=O) groups is 1. The maximum absolute atomic E-state index is 13.8. The van der Waals surface area contributed by atoms with Crippen LogP contribution in [0.25, 0.3) is 0 Å². The number of carbonyl (C=O) groups excluding carboxylic acids is 1. The molecule has 0 unspecified atom stereocenters. The largest absolute Gasteiger partial charge is 0.494 e. The standard InChI is InChI=1S/C23H27F4N3O2/c1-32-21-7-4-17(14-20(21)24)15-30-12-9-19(10-13-30)29-22(31)28-11-8-16-2-5-18(6-3-16)23(25,26)27/h2-7,14,19H,8-13,15H2,1H3,(H2,28,29,31). The smallest absolute Gasteiger partial charge is 0.416 e. The fourth-order valence-electron chi connectivity index (χ4n) is 3.72. The van der Waals surface area contributed by atoms with Crippen LogP contribution in [0, 0.1) is 5.82 Å². The number of urea groups is 1. The van der Waals surface area contributed by atoms with Crippen molar-refractivity contribution in [2.24, 2.45) is 0 Å². The number of benzene rings is 2. The molecule has 2 N–H and O–H groups in total. The third-order valence-corrected chi connectivity index (χ3v) is 5.53. The summed E-state index contributed by atoms with van der Waals surface area (Å²) in [4.78, 5) is 14.3. The van der Waals surface area contributed by atoms with Crippen LogP contribution in [0.15, 0.2) is 42.5 Å². The molecule has 0 aromatic heterocycles. The van der Waals surface area contributed by atoms with Crippen molar-refractivity contribution in [1.82, 2.24) is 15.5 Å². The molecule has 174 valence electrons. The molecular formula is C23H27F4N3O2. The minimum atomic E-state index is -4.35. The summed E-state index contributed by atoms with van der Waals surface area (Å²) in [7, 11) is 1.43. The quantitative estimate of drug-likeness (QED) is 0.613. The van der Waals surface area contributed by atoms with Crippen LogP contribution in [0.1, 0.15) is 29.5 Å². The zero-order valence-electron chi connectivity index (χ0n) is 17.8. The molecule has 0 atom stereocenters. The summed E-state index contributed by atoms with van der Waals surface area (Å²) in [5.41, 5.74) is 0.910. The summed E-state index contributed by atoms with van der Waals surface area (Å²) in [6.07, 6.45) is -2.34. The highest BCUT2D eigenvalue weighted by Gasteiger charge is 2.29. The fourth-order valence-corrected chi connectivity index (χ4v) is 3.72. The number of ether oxygens (including phenoxy) is 1. The van der Waals surface area contributed by atoms with E-state index in [4.69, 9.17) is 4.74 Å². The number of rotatable bonds is 7. The Bertz CT molecular complexity index is 895. The topological polar surface area (TPSA) is 53.6 Å². The molecule has 2 aromatic rings. The van der Waals surface area contributed by atoms with Crippen molar-refractivity contribution in [2.45, 2.75) is 38.0 Å². The van der Waals surface area contributed by atoms with Crippen LogP contribution in [0.5, 0.6) is 5.75 Å². The molecule has 5 nitrogen and oxygen atoms in total. The molecule has 0 bridgehead atoms. The van der Waals surface area contributed by atoms with Gasteiger partial charge in [-0.3, -0.25) is 4.90 Å². The summed E-state index contributed by atoms with van der Waals surface area (Å²) >= 11 is 0. The van der Waals surface area contributed by atoms with Crippen molar-refractivity contribution < 1.29 is 27.1 Å². The van der Waals surface area contributed by atoms with E-state index in [2.05, 4.69) is 15.5 Å². The molecule has 2 amide bonds. The van der Waals surface area contributed by atoms with Gasteiger partial charge in [-0.15, -0.1) is 0 Å². The zero-order valence-corrected chi connectivity index (χ0v) is 17.8. The summed E-state index contributed by atoms with van der Waals surface area (Å²) in [6.45, 7) is 2.53. The lowest BCUT2D eigenvalue weighted by Gasteiger charge is -2.32. The van der Waals surface area contributed by atoms with E-state index in [-0.39, 0.29) is 23.6 Å². The lowest BCUT2D eigenvalue weighted by molar-refractivity contribution is -0.137. The van der Waals surface area contributed by atoms with E-state index in [1.54, 1.807) is 6.07 Å². The van der Waals surface area contributed by atoms with Crippen molar-refractivity contribution in [3.8, 4) is 5.75 Å². The molecule has 1 fully saturated rings. The van der Waals surface area contributed by atoms with E-state index in [1.807, 2.05) is 6.07 Å². The van der Waals surface area contributed by atoms with Crippen molar-refractivity contribution >= 4 is 6.03 Å². The summed E-state index contributed by atoms with van der Waals surface area (Å²) in [5, 5.41) is 5.69. The van der Waals surface area contributed by atoms with Gasteiger partial charge in [0.25, 0.3) is 0 Å². The van der Waals surface area contributed by atoms with E-state index in [9.17, 15) is 22.4 Å². The first-order chi connectivity index (χ1) is 15.2. The van der Waals surface area contributed by atoms with Crippen molar-refractivity contribution in [2.75, 3.05) is 26.7 Å². The predicted molar refractivity (Wildman–Crippen MR) is 113 cm³/mol. The number of piperidine rings is 1. The van der Waals surface area contributed by atoms with E-state index in [1.165, 1.54) is 25.3 Å². The predicted octanol–water partition coefficient (Wildman–Crippen LogP) is 4.36. The Morgan fingerprint density at radius 3 is 2.34 bits per heavy atom. The molecule has 32 heavy (non-hydrogen) atoms. The number of alkyl halides is 3. The molecule has 0 spiro atoms. The average molecular weight is 453 g/mol. The molecule has 9 heteroatoms. The maximum atomic E-state index is 13.8. The first-order valence-corrected chi connectivity index (χ1v) is 10.5. The summed E-state index contributed by atoms with van der Waals surface area (Å²) in [6, 6.07) is 9.64. The van der Waals surface area contributed by atoms with Gasteiger partial charge in [0, 0.05) is 32.2 Å². The SMILES string of the molecule is COc1ccc(CN2CCC(NC(=O)NCCc3ccc(C(F)(F)F)cc3)CC2)cc1F. The van der Waals surface area contributed by atoms with Crippen LogP contribution in [0.4, 0.5) is 22.4 Å². The number of likely N-dealkylation sites (tertiary alicyclic amines) is 1. The van der Waals surface area contributed by atoms with Gasteiger partial charge < -0.3 is 15.4 Å². The Hall–Kier alpha value is -2.81. The van der Waals surface area contributed by atoms with E-state index in [0.717, 1.165) is 49.2 Å². The first kappa shape index (κ1) is 23.8. The van der Waals surface area contributed by atoms with Crippen LogP contribution in [0.3, 0.4) is 0 Å². The zero-order chi connectivity index (χ0) is 23.1. The lowest BCUT2D eigenvalue weighted by atomic mass is 10.0. The van der Waals surface area contributed by atoms with Crippen LogP contribution in [-0.4, -0.2) is 43.7 Å². The third kappa shape index (κ3) is 6.85. The molecule has 1 aliphatic rings. The van der Waals surface area contributed by atoms with Gasteiger partial charge in [-0.05, 0) is 54.7 Å². The minimum absolute atomic E-state index is 0.0462. The lowest BCUT2D eigenvalue weighted by Crippen LogP contribution is -2.48. The molecule has 2 aromatic carbocycles. The van der Waals surface area contributed by atoms with Crippen LogP contribution < -0.4 is 15.4 Å². The average Bonchev–Trinajstić information content (AvgIpc) is 2.75. The van der Waals surface area contributed by atoms with Gasteiger partial charge in [-0.25, -0.2) is 9.18 Å². The second-order valence-electron chi connectivity index (χ2n) is 7.86. The normalized spacial score (nSPS) is 15.4. The van der Waals surface area contributed by atoms with Crippen molar-refractivity contribution in [3.63, 3.8) is 0 Å². The molecule has 0 aliphatic carbocycles. The number of amides is 2. The monoisotopic (exact) mass is 453 g/mol. The maximum Gasteiger partial charge on any atom is 0.416 e. The van der Waals surface area contributed by atoms with E-state index in [0.29, 0.717) is 19.5 Å². The van der Waals surface area contributed by atoms with Gasteiger partial charge in [-0.2, -0.15) is 13.2 Å². The molecule has 1 heterocycles. The van der Waals surface area contributed by atoms with Gasteiger partial charge in [0.2, 0.25) is 0 Å². The highest BCUT2D eigenvalue weighted by molar-refractivity contribution is 5.74. The second kappa shape index (κ2) is 10.7. The highest BCUT2D eigenvalue weighted by atomic mass is 19.4.